The van der Waals surface area contributed by atoms with Crippen LogP contribution in [-0.2, 0) is 20.6 Å². The maximum atomic E-state index is 12.7. The Hall–Kier alpha value is -2.65. The van der Waals surface area contributed by atoms with Gasteiger partial charge in [-0.3, -0.25) is 19.3 Å². The summed E-state index contributed by atoms with van der Waals surface area (Å²) in [7, 11) is 0. The average molecular weight is 438 g/mol. The van der Waals surface area contributed by atoms with Gasteiger partial charge in [0.1, 0.15) is 12.4 Å². The van der Waals surface area contributed by atoms with Crippen LogP contribution < -0.4 is 10.2 Å². The van der Waals surface area contributed by atoms with Crippen LogP contribution in [0.1, 0.15) is 44.1 Å². The molecule has 0 bridgehead atoms. The highest BCUT2D eigenvalue weighted by molar-refractivity contribution is 6.07. The van der Waals surface area contributed by atoms with Gasteiger partial charge in [-0.05, 0) is 37.8 Å². The number of fused-ring (bicyclic) bond motifs is 1. The summed E-state index contributed by atoms with van der Waals surface area (Å²) in [6.45, 7) is 0.829. The molecule has 3 heterocycles. The van der Waals surface area contributed by atoms with E-state index in [-0.39, 0.29) is 42.1 Å². The van der Waals surface area contributed by atoms with E-state index in [1.54, 1.807) is 0 Å². The van der Waals surface area contributed by atoms with Crippen LogP contribution in [0.25, 0.3) is 0 Å². The highest BCUT2D eigenvalue weighted by Gasteiger charge is 2.48. The van der Waals surface area contributed by atoms with Crippen LogP contribution in [0.2, 0.25) is 0 Å². The van der Waals surface area contributed by atoms with Gasteiger partial charge in [-0.15, -0.1) is 0 Å². The number of alkyl halides is 3. The molecule has 1 N–H and O–H groups in total. The third-order valence-corrected chi connectivity index (χ3v) is 6.49. The molecule has 1 aromatic heterocycles. The largest absolute Gasteiger partial charge is 0.417 e. The summed E-state index contributed by atoms with van der Waals surface area (Å²) in [5.41, 5.74) is -0.788. The SMILES string of the molecule is O=C(CN1C(=O)C2CCCCC2C1=O)NC1CCN(c2ccc(C(F)(F)F)cn2)CC1. The Labute approximate surface area is 178 Å². The molecule has 3 aliphatic rings. The number of piperidine rings is 1. The van der Waals surface area contributed by atoms with Gasteiger partial charge in [-0.2, -0.15) is 13.2 Å². The molecule has 1 aliphatic carbocycles. The van der Waals surface area contributed by atoms with Crippen LogP contribution in [0, 0.1) is 11.8 Å². The standard InChI is InChI=1S/C21H25F3N4O3/c22-21(23,24)13-5-6-17(25-11-13)27-9-7-14(8-10-27)26-18(29)12-28-19(30)15-3-1-2-4-16(15)20(28)31/h5-6,11,14-16H,1-4,7-10,12H2,(H,26,29). The lowest BCUT2D eigenvalue weighted by Crippen LogP contribution is -2.48. The number of amides is 3. The van der Waals surface area contributed by atoms with E-state index in [0.717, 1.165) is 30.0 Å². The van der Waals surface area contributed by atoms with Crippen molar-refractivity contribution in [2.75, 3.05) is 24.5 Å². The van der Waals surface area contributed by atoms with Gasteiger partial charge in [-0.25, -0.2) is 4.98 Å². The number of likely N-dealkylation sites (tertiary alicyclic amines) is 1. The molecule has 0 radical (unpaired) electrons. The van der Waals surface area contributed by atoms with E-state index in [9.17, 15) is 27.6 Å². The van der Waals surface area contributed by atoms with E-state index in [0.29, 0.717) is 44.6 Å². The zero-order valence-electron chi connectivity index (χ0n) is 17.0. The Morgan fingerprint density at radius 1 is 1.03 bits per heavy atom. The van der Waals surface area contributed by atoms with Gasteiger partial charge in [0.05, 0.1) is 17.4 Å². The molecule has 168 valence electrons. The number of nitrogens with one attached hydrogen (secondary N) is 1. The Bertz CT molecular complexity index is 826. The van der Waals surface area contributed by atoms with Crippen LogP contribution in [0.4, 0.5) is 19.0 Å². The minimum absolute atomic E-state index is 0.117. The van der Waals surface area contributed by atoms with E-state index in [1.807, 2.05) is 4.90 Å². The number of carbonyl (C=O) groups is 3. The molecule has 1 saturated carbocycles. The number of halogens is 3. The number of carbonyl (C=O) groups excluding carboxylic acids is 3. The third kappa shape index (κ3) is 4.52. The van der Waals surface area contributed by atoms with E-state index in [4.69, 9.17) is 0 Å². The van der Waals surface area contributed by atoms with Gasteiger partial charge in [-0.1, -0.05) is 12.8 Å². The zero-order chi connectivity index (χ0) is 22.2. The topological polar surface area (TPSA) is 82.6 Å². The average Bonchev–Trinajstić information content (AvgIpc) is 2.99. The van der Waals surface area contributed by atoms with Crippen molar-refractivity contribution in [2.45, 2.75) is 50.7 Å². The number of imide groups is 1. The van der Waals surface area contributed by atoms with Crippen LogP contribution in [0.3, 0.4) is 0 Å². The normalized spacial score (nSPS) is 25.0. The van der Waals surface area contributed by atoms with Crippen molar-refractivity contribution in [1.29, 1.82) is 0 Å². The van der Waals surface area contributed by atoms with Gasteiger partial charge in [0, 0.05) is 25.3 Å². The van der Waals surface area contributed by atoms with E-state index >= 15 is 0 Å². The Balaban J connectivity index is 1.27. The van der Waals surface area contributed by atoms with Crippen molar-refractivity contribution >= 4 is 23.5 Å². The van der Waals surface area contributed by atoms with E-state index in [1.165, 1.54) is 6.07 Å². The first-order valence-corrected chi connectivity index (χ1v) is 10.7. The lowest BCUT2D eigenvalue weighted by atomic mass is 9.81. The molecule has 7 nitrogen and oxygen atoms in total. The smallest absolute Gasteiger partial charge is 0.356 e. The maximum Gasteiger partial charge on any atom is 0.417 e. The van der Waals surface area contributed by atoms with Crippen LogP contribution in [0.15, 0.2) is 18.3 Å². The second-order valence-corrected chi connectivity index (χ2v) is 8.49. The summed E-state index contributed by atoms with van der Waals surface area (Å²) < 4.78 is 38.0. The fraction of sp³-hybridized carbons (Fsp3) is 0.619. The molecule has 3 amide bonds. The van der Waals surface area contributed by atoms with Gasteiger partial charge in [0.15, 0.2) is 0 Å². The first-order valence-electron chi connectivity index (χ1n) is 10.7. The lowest BCUT2D eigenvalue weighted by Gasteiger charge is -2.33. The van der Waals surface area contributed by atoms with Crippen molar-refractivity contribution < 1.29 is 27.6 Å². The molecule has 3 fully saturated rings. The predicted octanol–water partition coefficient (Wildman–Crippen LogP) is 2.36. The minimum atomic E-state index is -4.42. The molecule has 2 aliphatic heterocycles. The number of aromatic nitrogens is 1. The van der Waals surface area contributed by atoms with Gasteiger partial charge in [0.2, 0.25) is 17.7 Å². The Morgan fingerprint density at radius 3 is 2.16 bits per heavy atom. The van der Waals surface area contributed by atoms with Crippen molar-refractivity contribution in [2.24, 2.45) is 11.8 Å². The second-order valence-electron chi connectivity index (χ2n) is 8.49. The molecule has 10 heteroatoms. The summed E-state index contributed by atoms with van der Waals surface area (Å²) >= 11 is 0. The van der Waals surface area contributed by atoms with Gasteiger partial charge < -0.3 is 10.2 Å². The van der Waals surface area contributed by atoms with E-state index < -0.39 is 11.7 Å². The first-order chi connectivity index (χ1) is 14.7. The van der Waals surface area contributed by atoms with E-state index in [2.05, 4.69) is 10.3 Å². The van der Waals surface area contributed by atoms with Crippen molar-refractivity contribution in [1.82, 2.24) is 15.2 Å². The first kappa shape index (κ1) is 21.6. The Morgan fingerprint density at radius 2 is 1.65 bits per heavy atom. The maximum absolute atomic E-state index is 12.7. The third-order valence-electron chi connectivity index (χ3n) is 6.49. The van der Waals surface area contributed by atoms with Crippen LogP contribution in [-0.4, -0.2) is 53.3 Å². The van der Waals surface area contributed by atoms with Crippen LogP contribution in [0.5, 0.6) is 0 Å². The molecule has 4 rings (SSSR count). The Kier molecular flexibility index (Phi) is 5.90. The summed E-state index contributed by atoms with van der Waals surface area (Å²) in [5.74, 6) is -0.886. The molecule has 31 heavy (non-hydrogen) atoms. The number of hydrogen-bond acceptors (Lipinski definition) is 5. The van der Waals surface area contributed by atoms with Gasteiger partial charge in [0.25, 0.3) is 0 Å². The number of nitrogens with zero attached hydrogens (tertiary/aromatic N) is 3. The second kappa shape index (κ2) is 8.47. The summed E-state index contributed by atoms with van der Waals surface area (Å²) in [6.07, 6.45) is 0.902. The molecule has 2 saturated heterocycles. The predicted molar refractivity (Wildman–Crippen MR) is 105 cm³/mol. The highest BCUT2D eigenvalue weighted by Crippen LogP contribution is 2.37. The monoisotopic (exact) mass is 438 g/mol. The fourth-order valence-corrected chi connectivity index (χ4v) is 4.80. The quantitative estimate of drug-likeness (QED) is 0.730. The molecule has 2 atom stereocenters. The van der Waals surface area contributed by atoms with Gasteiger partial charge >= 0.3 is 6.18 Å². The molecular formula is C21H25F3N4O3. The summed E-state index contributed by atoms with van der Waals surface area (Å²) in [4.78, 5) is 44.4. The number of rotatable bonds is 4. The number of anilines is 1. The molecular weight excluding hydrogens is 413 g/mol. The summed E-state index contributed by atoms with van der Waals surface area (Å²) in [5, 5.41) is 2.89. The number of pyridine rings is 1. The number of hydrogen-bond donors (Lipinski definition) is 1. The molecule has 0 aromatic carbocycles. The van der Waals surface area contributed by atoms with Crippen molar-refractivity contribution in [3.05, 3.63) is 23.9 Å². The molecule has 0 spiro atoms. The van der Waals surface area contributed by atoms with Crippen molar-refractivity contribution in [3.63, 3.8) is 0 Å². The molecule has 2 unspecified atom stereocenters. The fourth-order valence-electron chi connectivity index (χ4n) is 4.80. The zero-order valence-corrected chi connectivity index (χ0v) is 17.0. The molecule has 1 aromatic rings. The summed E-state index contributed by atoms with van der Waals surface area (Å²) in [6, 6.07) is 2.25. The van der Waals surface area contributed by atoms with Crippen LogP contribution >= 0.6 is 0 Å². The highest BCUT2D eigenvalue weighted by atomic mass is 19.4. The lowest BCUT2D eigenvalue weighted by molar-refractivity contribution is -0.143. The minimum Gasteiger partial charge on any atom is -0.356 e. The van der Waals surface area contributed by atoms with Crippen molar-refractivity contribution in [3.8, 4) is 0 Å².